The number of nitrogens with one attached hydrogen (secondary N) is 1. The molecule has 0 spiro atoms. The molecule has 1 unspecified atom stereocenters. The molecule has 0 aromatic carbocycles. The molecule has 1 aromatic heterocycles. The lowest BCUT2D eigenvalue weighted by Gasteiger charge is -2.10. The Balaban J connectivity index is 2.35. The van der Waals surface area contributed by atoms with E-state index in [0.717, 1.165) is 6.42 Å². The van der Waals surface area contributed by atoms with Crippen molar-refractivity contribution in [2.24, 2.45) is 11.7 Å². The van der Waals surface area contributed by atoms with Gasteiger partial charge in [0.25, 0.3) is 0 Å². The van der Waals surface area contributed by atoms with Crippen LogP contribution in [0.15, 0.2) is 16.9 Å². The van der Waals surface area contributed by atoms with E-state index in [1.165, 1.54) is 6.26 Å². The van der Waals surface area contributed by atoms with Gasteiger partial charge in [0.05, 0.1) is 0 Å². The van der Waals surface area contributed by atoms with Crippen LogP contribution in [0.1, 0.15) is 19.8 Å². The van der Waals surface area contributed by atoms with E-state index in [0.29, 0.717) is 18.8 Å². The van der Waals surface area contributed by atoms with Crippen LogP contribution in [0.3, 0.4) is 0 Å². The standard InChI is InChI=1S/C9H15N3O2/c1-2-7(6-10)5-9(13)11-8-3-4-14-12-8/h3-4,7H,2,5-6,10H2,1H3,(H,11,12,13). The maximum Gasteiger partial charge on any atom is 0.225 e. The van der Waals surface area contributed by atoms with Crippen molar-refractivity contribution in [1.82, 2.24) is 5.16 Å². The van der Waals surface area contributed by atoms with Crippen molar-refractivity contribution in [3.63, 3.8) is 0 Å². The van der Waals surface area contributed by atoms with E-state index in [4.69, 9.17) is 5.73 Å². The van der Waals surface area contributed by atoms with Crippen LogP contribution in [0, 0.1) is 5.92 Å². The van der Waals surface area contributed by atoms with Crippen LogP contribution >= 0.6 is 0 Å². The summed E-state index contributed by atoms with van der Waals surface area (Å²) in [4.78, 5) is 11.4. The summed E-state index contributed by atoms with van der Waals surface area (Å²) in [6.45, 7) is 2.55. The summed E-state index contributed by atoms with van der Waals surface area (Å²) in [6, 6.07) is 1.60. The molecule has 78 valence electrons. The van der Waals surface area contributed by atoms with Crippen molar-refractivity contribution in [3.8, 4) is 0 Å². The SMILES string of the molecule is CCC(CN)CC(=O)Nc1ccon1. The molecule has 1 aromatic rings. The van der Waals surface area contributed by atoms with E-state index in [-0.39, 0.29) is 11.8 Å². The molecule has 0 saturated carbocycles. The van der Waals surface area contributed by atoms with E-state index >= 15 is 0 Å². The summed E-state index contributed by atoms with van der Waals surface area (Å²) in [5.74, 6) is 0.611. The molecule has 14 heavy (non-hydrogen) atoms. The van der Waals surface area contributed by atoms with Gasteiger partial charge in [-0.2, -0.15) is 0 Å². The molecule has 5 nitrogen and oxygen atoms in total. The topological polar surface area (TPSA) is 81.2 Å². The zero-order valence-electron chi connectivity index (χ0n) is 8.19. The zero-order valence-corrected chi connectivity index (χ0v) is 8.19. The molecule has 1 rings (SSSR count). The van der Waals surface area contributed by atoms with Gasteiger partial charge in [-0.3, -0.25) is 4.79 Å². The molecule has 1 heterocycles. The summed E-state index contributed by atoms with van der Waals surface area (Å²) in [5, 5.41) is 6.20. The first-order valence-electron chi connectivity index (χ1n) is 4.66. The molecule has 0 aliphatic rings. The summed E-state index contributed by atoms with van der Waals surface area (Å²) in [7, 11) is 0. The first kappa shape index (κ1) is 10.7. The molecular weight excluding hydrogens is 182 g/mol. The number of anilines is 1. The maximum absolute atomic E-state index is 11.4. The van der Waals surface area contributed by atoms with Gasteiger partial charge in [-0.05, 0) is 12.5 Å². The quantitative estimate of drug-likeness (QED) is 0.737. The summed E-state index contributed by atoms with van der Waals surface area (Å²) in [6.07, 6.45) is 2.75. The highest BCUT2D eigenvalue weighted by molar-refractivity contribution is 5.89. The Kier molecular flexibility index (Phi) is 4.12. The van der Waals surface area contributed by atoms with Crippen LogP contribution in [0.5, 0.6) is 0 Å². The number of carbonyl (C=O) groups excluding carboxylic acids is 1. The molecule has 0 radical (unpaired) electrons. The summed E-state index contributed by atoms with van der Waals surface area (Å²) >= 11 is 0. The van der Waals surface area contributed by atoms with Gasteiger partial charge in [-0.1, -0.05) is 18.5 Å². The Labute approximate surface area is 82.6 Å². The first-order chi connectivity index (χ1) is 6.76. The minimum absolute atomic E-state index is 0.0730. The number of carbonyl (C=O) groups is 1. The number of hydrogen-bond donors (Lipinski definition) is 2. The van der Waals surface area contributed by atoms with Gasteiger partial charge < -0.3 is 15.6 Å². The molecule has 1 atom stereocenters. The molecule has 0 aliphatic heterocycles. The minimum Gasteiger partial charge on any atom is -0.363 e. The van der Waals surface area contributed by atoms with E-state index in [1.54, 1.807) is 6.07 Å². The second kappa shape index (κ2) is 5.39. The molecule has 5 heteroatoms. The van der Waals surface area contributed by atoms with Crippen molar-refractivity contribution in [2.75, 3.05) is 11.9 Å². The van der Waals surface area contributed by atoms with Gasteiger partial charge in [0.2, 0.25) is 5.91 Å². The second-order valence-electron chi connectivity index (χ2n) is 3.15. The zero-order chi connectivity index (χ0) is 10.4. The summed E-state index contributed by atoms with van der Waals surface area (Å²) < 4.78 is 4.58. The van der Waals surface area contributed by atoms with Crippen molar-refractivity contribution in [1.29, 1.82) is 0 Å². The van der Waals surface area contributed by atoms with Crippen LogP contribution in [0.25, 0.3) is 0 Å². The maximum atomic E-state index is 11.4. The Bertz CT molecular complexity index is 268. The fraction of sp³-hybridized carbons (Fsp3) is 0.556. The van der Waals surface area contributed by atoms with E-state index in [1.807, 2.05) is 6.92 Å². The summed E-state index contributed by atoms with van der Waals surface area (Å²) in [5.41, 5.74) is 5.49. The number of nitrogens with zero attached hydrogens (tertiary/aromatic N) is 1. The minimum atomic E-state index is -0.0730. The highest BCUT2D eigenvalue weighted by atomic mass is 16.5. The predicted molar refractivity (Wildman–Crippen MR) is 52.6 cm³/mol. The smallest absolute Gasteiger partial charge is 0.225 e. The van der Waals surface area contributed by atoms with Crippen LogP contribution in [0.4, 0.5) is 5.82 Å². The van der Waals surface area contributed by atoms with Crippen LogP contribution in [0.2, 0.25) is 0 Å². The molecule has 3 N–H and O–H groups in total. The van der Waals surface area contributed by atoms with E-state index in [9.17, 15) is 4.79 Å². The van der Waals surface area contributed by atoms with E-state index in [2.05, 4.69) is 15.0 Å². The van der Waals surface area contributed by atoms with Gasteiger partial charge in [0.1, 0.15) is 6.26 Å². The third-order valence-corrected chi connectivity index (χ3v) is 2.09. The highest BCUT2D eigenvalue weighted by Crippen LogP contribution is 2.08. The lowest BCUT2D eigenvalue weighted by molar-refractivity contribution is -0.117. The number of hydrogen-bond acceptors (Lipinski definition) is 4. The van der Waals surface area contributed by atoms with E-state index < -0.39 is 0 Å². The van der Waals surface area contributed by atoms with Crippen LogP contribution < -0.4 is 11.1 Å². The van der Waals surface area contributed by atoms with Crippen LogP contribution in [-0.4, -0.2) is 17.6 Å². The number of nitrogens with two attached hydrogens (primary N) is 1. The molecule has 0 aliphatic carbocycles. The van der Waals surface area contributed by atoms with Gasteiger partial charge in [0.15, 0.2) is 5.82 Å². The van der Waals surface area contributed by atoms with Gasteiger partial charge >= 0.3 is 0 Å². The third kappa shape index (κ3) is 3.18. The molecule has 0 fully saturated rings. The van der Waals surface area contributed by atoms with Crippen molar-refractivity contribution in [2.45, 2.75) is 19.8 Å². The van der Waals surface area contributed by atoms with Crippen molar-refractivity contribution >= 4 is 11.7 Å². The Hall–Kier alpha value is -1.36. The largest absolute Gasteiger partial charge is 0.363 e. The monoisotopic (exact) mass is 197 g/mol. The van der Waals surface area contributed by atoms with Crippen LogP contribution in [-0.2, 0) is 4.79 Å². The van der Waals surface area contributed by atoms with Gasteiger partial charge in [-0.25, -0.2) is 0 Å². The van der Waals surface area contributed by atoms with Crippen molar-refractivity contribution in [3.05, 3.63) is 12.3 Å². The number of amides is 1. The highest BCUT2D eigenvalue weighted by Gasteiger charge is 2.11. The number of aromatic nitrogens is 1. The fourth-order valence-electron chi connectivity index (χ4n) is 1.13. The Morgan fingerprint density at radius 2 is 2.57 bits per heavy atom. The second-order valence-corrected chi connectivity index (χ2v) is 3.15. The Morgan fingerprint density at radius 3 is 3.07 bits per heavy atom. The average molecular weight is 197 g/mol. The molecule has 1 amide bonds. The lowest BCUT2D eigenvalue weighted by atomic mass is 10.0. The predicted octanol–water partition coefficient (Wildman–Crippen LogP) is 0.988. The molecule has 0 bridgehead atoms. The fourth-order valence-corrected chi connectivity index (χ4v) is 1.13. The first-order valence-corrected chi connectivity index (χ1v) is 4.66. The normalized spacial score (nSPS) is 12.4. The molecular formula is C9H15N3O2. The van der Waals surface area contributed by atoms with Gasteiger partial charge in [0, 0.05) is 12.5 Å². The molecule has 0 saturated heterocycles. The number of rotatable bonds is 5. The van der Waals surface area contributed by atoms with Gasteiger partial charge in [-0.15, -0.1) is 0 Å². The Morgan fingerprint density at radius 1 is 1.79 bits per heavy atom. The average Bonchev–Trinajstić information content (AvgIpc) is 2.66. The lowest BCUT2D eigenvalue weighted by Crippen LogP contribution is -2.21. The third-order valence-electron chi connectivity index (χ3n) is 2.09. The van der Waals surface area contributed by atoms with Crippen molar-refractivity contribution < 1.29 is 9.32 Å².